The van der Waals surface area contributed by atoms with Crippen LogP contribution in [0.4, 0.5) is 16.3 Å². The van der Waals surface area contributed by atoms with Gasteiger partial charge in [-0.3, -0.25) is 18.9 Å². The van der Waals surface area contributed by atoms with Crippen molar-refractivity contribution in [2.45, 2.75) is 52.5 Å². The minimum Gasteiger partial charge on any atom is -0.746 e. The van der Waals surface area contributed by atoms with E-state index in [1.165, 1.54) is 41.3 Å². The number of nitrogens with one attached hydrogen (secondary N) is 2. The number of esters is 1. The van der Waals surface area contributed by atoms with Crippen molar-refractivity contribution in [1.82, 2.24) is 24.8 Å². The second kappa shape index (κ2) is 16.6. The molecule has 18 heteroatoms. The van der Waals surface area contributed by atoms with Crippen molar-refractivity contribution in [2.75, 3.05) is 18.7 Å². The van der Waals surface area contributed by atoms with Crippen molar-refractivity contribution in [3.05, 3.63) is 82.8 Å². The minimum atomic E-state index is -4.97. The molecule has 16 nitrogen and oxygen atoms in total. The number of phosphoric ester groups is 1. The molecule has 1 aliphatic rings. The van der Waals surface area contributed by atoms with Crippen LogP contribution in [-0.4, -0.2) is 67.6 Å². The zero-order chi connectivity index (χ0) is 35.3. The Morgan fingerprint density at radius 3 is 2.48 bits per heavy atom. The summed E-state index contributed by atoms with van der Waals surface area (Å²) in [7, 11) is -4.97. The molecule has 4 aromatic rings. The van der Waals surface area contributed by atoms with Gasteiger partial charge >= 0.3 is 49.4 Å². The zero-order valence-corrected chi connectivity index (χ0v) is 30.8. The van der Waals surface area contributed by atoms with E-state index in [4.69, 9.17) is 14.4 Å². The summed E-state index contributed by atoms with van der Waals surface area (Å²) < 4.78 is 26.8. The predicted octanol–water partition coefficient (Wildman–Crippen LogP) is 0.558. The van der Waals surface area contributed by atoms with Crippen molar-refractivity contribution in [3.8, 4) is 5.75 Å². The number of phosphoric acid groups is 1. The SMILES string of the molecule is CCCN(C(=O)OCOC(=O)Cc1ccc(OP(=O)([O-])O)cc1)C(=O)c1cn2ncnc(Nc3cc(C(=O)NC4CC4)ccc3C)c2c1C.[Na+]. The number of nitrogens with zero attached hydrogens (tertiary/aromatic N) is 4. The van der Waals surface area contributed by atoms with Gasteiger partial charge in [0.2, 0.25) is 6.79 Å². The first-order valence-corrected chi connectivity index (χ1v) is 16.8. The maximum atomic E-state index is 13.7. The molecule has 1 atom stereocenters. The molecule has 1 aliphatic carbocycles. The van der Waals surface area contributed by atoms with Gasteiger partial charge < -0.3 is 34.4 Å². The molecule has 3 amide bonds. The summed E-state index contributed by atoms with van der Waals surface area (Å²) in [6.07, 6.45) is 3.89. The topological polar surface area (TPSA) is 214 Å². The first-order valence-electron chi connectivity index (χ1n) is 15.3. The summed E-state index contributed by atoms with van der Waals surface area (Å²) >= 11 is 0. The third kappa shape index (κ3) is 9.90. The number of carbonyl (C=O) groups is 4. The number of anilines is 2. The van der Waals surface area contributed by atoms with E-state index in [0.717, 1.165) is 23.3 Å². The first-order chi connectivity index (χ1) is 23.3. The van der Waals surface area contributed by atoms with Gasteiger partial charge in [-0.1, -0.05) is 25.1 Å². The largest absolute Gasteiger partial charge is 1.00 e. The van der Waals surface area contributed by atoms with Gasteiger partial charge in [-0.05, 0) is 74.1 Å². The summed E-state index contributed by atoms with van der Waals surface area (Å²) in [6, 6.07) is 10.8. The number of aromatic nitrogens is 3. The second-order valence-electron chi connectivity index (χ2n) is 11.4. The van der Waals surface area contributed by atoms with Gasteiger partial charge in [-0.2, -0.15) is 5.10 Å². The second-order valence-corrected chi connectivity index (χ2v) is 12.5. The number of hydrogen-bond acceptors (Lipinski definition) is 12. The quantitative estimate of drug-likeness (QED) is 0.0748. The first kappa shape index (κ1) is 38.5. The van der Waals surface area contributed by atoms with Gasteiger partial charge in [-0.25, -0.2) is 19.2 Å². The molecule has 1 saturated carbocycles. The molecular weight excluding hydrogens is 682 g/mol. The summed E-state index contributed by atoms with van der Waals surface area (Å²) in [6.45, 7) is 4.61. The summed E-state index contributed by atoms with van der Waals surface area (Å²) in [5.74, 6) is -1.34. The number of ether oxygens (including phenoxy) is 2. The number of hydrogen-bond donors (Lipinski definition) is 3. The van der Waals surface area contributed by atoms with Crippen molar-refractivity contribution in [2.24, 2.45) is 0 Å². The zero-order valence-electron chi connectivity index (χ0n) is 27.9. The van der Waals surface area contributed by atoms with E-state index in [9.17, 15) is 28.6 Å². The monoisotopic (exact) mass is 716 g/mol. The van der Waals surface area contributed by atoms with Crippen LogP contribution in [0.1, 0.15) is 63.6 Å². The van der Waals surface area contributed by atoms with Crippen LogP contribution < -0.4 is 49.6 Å². The third-order valence-corrected chi connectivity index (χ3v) is 7.97. The van der Waals surface area contributed by atoms with Gasteiger partial charge in [0.15, 0.2) is 5.82 Å². The molecule has 258 valence electrons. The molecule has 0 aliphatic heterocycles. The Morgan fingerprint density at radius 2 is 1.82 bits per heavy atom. The Morgan fingerprint density at radius 1 is 1.10 bits per heavy atom. The van der Waals surface area contributed by atoms with Crippen molar-refractivity contribution < 1.29 is 77.1 Å². The van der Waals surface area contributed by atoms with Crippen LogP contribution in [-0.2, 0) is 25.3 Å². The fraction of sp³-hybridized carbons (Fsp3) is 0.312. The smallest absolute Gasteiger partial charge is 0.746 e. The van der Waals surface area contributed by atoms with Crippen LogP contribution >= 0.6 is 7.82 Å². The van der Waals surface area contributed by atoms with Crippen LogP contribution in [0.5, 0.6) is 5.75 Å². The fourth-order valence-corrected chi connectivity index (χ4v) is 5.26. The van der Waals surface area contributed by atoms with E-state index in [-0.39, 0.29) is 65.8 Å². The van der Waals surface area contributed by atoms with Crippen LogP contribution in [0.15, 0.2) is 55.0 Å². The van der Waals surface area contributed by atoms with Gasteiger partial charge in [-0.15, -0.1) is 0 Å². The molecule has 1 fully saturated rings. The molecule has 0 spiro atoms. The third-order valence-electron chi connectivity index (χ3n) is 7.53. The molecule has 50 heavy (non-hydrogen) atoms. The van der Waals surface area contributed by atoms with Gasteiger partial charge in [0.05, 0.1) is 12.0 Å². The van der Waals surface area contributed by atoms with Crippen molar-refractivity contribution in [1.29, 1.82) is 0 Å². The van der Waals surface area contributed by atoms with Gasteiger partial charge in [0.25, 0.3) is 11.8 Å². The van der Waals surface area contributed by atoms with E-state index in [1.807, 2.05) is 13.0 Å². The number of carbonyl (C=O) groups excluding carboxylic acids is 4. The maximum absolute atomic E-state index is 13.7. The van der Waals surface area contributed by atoms with E-state index in [0.29, 0.717) is 40.1 Å². The van der Waals surface area contributed by atoms with Crippen LogP contribution in [0, 0.1) is 13.8 Å². The maximum Gasteiger partial charge on any atom is 1.00 e. The van der Waals surface area contributed by atoms with Gasteiger partial charge in [0, 0.05) is 30.0 Å². The summed E-state index contributed by atoms with van der Waals surface area (Å²) in [5, 5.41) is 10.5. The molecule has 3 N–H and O–H groups in total. The van der Waals surface area contributed by atoms with E-state index in [1.54, 1.807) is 26.0 Å². The summed E-state index contributed by atoms with van der Waals surface area (Å²) in [4.78, 5) is 76.5. The van der Waals surface area contributed by atoms with Crippen LogP contribution in [0.25, 0.3) is 5.52 Å². The molecule has 5 rings (SSSR count). The van der Waals surface area contributed by atoms with E-state index < -0.39 is 32.6 Å². The Balaban J connectivity index is 0.00000562. The van der Waals surface area contributed by atoms with Crippen LogP contribution in [0.3, 0.4) is 0 Å². The number of rotatable bonds is 13. The van der Waals surface area contributed by atoms with Crippen molar-refractivity contribution >= 4 is 48.7 Å². The normalized spacial score (nSPS) is 13.4. The molecule has 2 aromatic carbocycles. The molecule has 1 unspecified atom stereocenters. The van der Waals surface area contributed by atoms with E-state index >= 15 is 0 Å². The molecule has 0 saturated heterocycles. The Hall–Kier alpha value is -4.31. The molecule has 2 heterocycles. The standard InChI is InChI=1S/C32H35N6O10P.Na/c1-4-13-37(32(42)47-18-46-27(39)14-21-6-11-24(12-7-21)48-49(43,44)45)31(41)25-16-38-28(20(25)3)29(33-17-34-38)36-26-15-22(8-5-19(26)2)30(40)35-23-9-10-23;/h5-8,11-12,15-17,23H,4,9-10,13-14,18H2,1-3H3,(H,35,40)(H,33,34,36)(H2,43,44,45);/q;+1/p-1. The number of imide groups is 1. The minimum absolute atomic E-state index is 0. The molecule has 0 bridgehead atoms. The number of aryl methyl sites for hydroxylation is 2. The Kier molecular flexibility index (Phi) is 12.8. The van der Waals surface area contributed by atoms with Crippen LogP contribution in [0.2, 0.25) is 0 Å². The number of benzene rings is 2. The average Bonchev–Trinajstić information content (AvgIpc) is 3.80. The predicted molar refractivity (Wildman–Crippen MR) is 172 cm³/mol. The molecular formula is C32H34N6NaO10P. The number of amides is 3. The molecule has 2 aromatic heterocycles. The average molecular weight is 717 g/mol. The number of fused-ring (bicyclic) bond motifs is 1. The fourth-order valence-electron chi connectivity index (χ4n) is 4.88. The van der Waals surface area contributed by atoms with E-state index in [2.05, 4.69) is 25.2 Å². The van der Waals surface area contributed by atoms with Crippen molar-refractivity contribution in [3.63, 3.8) is 0 Å². The van der Waals surface area contributed by atoms with Gasteiger partial charge in [0.1, 0.15) is 17.6 Å². The summed E-state index contributed by atoms with van der Waals surface area (Å²) in [5.41, 5.74) is 3.57. The Bertz CT molecular complexity index is 1940. The molecule has 0 radical (unpaired) electrons. The Labute approximate surface area is 309 Å².